The van der Waals surface area contributed by atoms with Crippen LogP contribution in [-0.2, 0) is 14.8 Å². The van der Waals surface area contributed by atoms with Gasteiger partial charge < -0.3 is 10.4 Å². The first-order valence-electron chi connectivity index (χ1n) is 9.78. The summed E-state index contributed by atoms with van der Waals surface area (Å²) in [6, 6.07) is 10.5. The molecule has 0 bridgehead atoms. The molecule has 4 rings (SSSR count). The Bertz CT molecular complexity index is 1660. The van der Waals surface area contributed by atoms with Crippen LogP contribution < -0.4 is 10.0 Å². The minimum absolute atomic E-state index is 0.0549. The standard InChI is InChI=1S/C22H13Cl2IN4O5S2/c23-15-4-1-11(7-16(15)24)8-18(22(31)32)28-20(30)13-3-2-12(25)9-17(13)29-36(33,34)21-14-10-27-35-19(14)5-6-26-21/h1-10,29H,(H,28,30)(H,31,32)/b18-8-. The van der Waals surface area contributed by atoms with Crippen LogP contribution in [0.25, 0.3) is 16.2 Å². The van der Waals surface area contributed by atoms with Gasteiger partial charge in [-0.1, -0.05) is 29.3 Å². The molecule has 0 fully saturated rings. The lowest BCUT2D eigenvalue weighted by Crippen LogP contribution is -2.28. The lowest BCUT2D eigenvalue weighted by atomic mass is 10.1. The number of amides is 1. The second kappa shape index (κ2) is 10.7. The number of carboxylic acids is 1. The first-order chi connectivity index (χ1) is 17.0. The second-order valence-corrected chi connectivity index (χ2v) is 11.6. The summed E-state index contributed by atoms with van der Waals surface area (Å²) < 4.78 is 34.0. The van der Waals surface area contributed by atoms with E-state index in [0.717, 1.165) is 11.5 Å². The Morgan fingerprint density at radius 1 is 1.08 bits per heavy atom. The van der Waals surface area contributed by atoms with E-state index in [2.05, 4.69) is 19.4 Å². The van der Waals surface area contributed by atoms with Gasteiger partial charge in [0.15, 0.2) is 5.03 Å². The smallest absolute Gasteiger partial charge is 0.352 e. The van der Waals surface area contributed by atoms with Gasteiger partial charge in [0.1, 0.15) is 5.70 Å². The molecule has 1 amide bonds. The van der Waals surface area contributed by atoms with Gasteiger partial charge in [-0.15, -0.1) is 0 Å². The lowest BCUT2D eigenvalue weighted by Gasteiger charge is -2.14. The van der Waals surface area contributed by atoms with Gasteiger partial charge in [-0.25, -0.2) is 9.78 Å². The van der Waals surface area contributed by atoms with E-state index in [1.54, 1.807) is 12.1 Å². The number of aromatic nitrogens is 2. The predicted octanol–water partition coefficient (Wildman–Crippen LogP) is 5.26. The fourth-order valence-corrected chi connectivity index (χ4v) is 5.80. The summed E-state index contributed by atoms with van der Waals surface area (Å²) in [6.07, 6.45) is 3.95. The molecule has 0 unspecified atom stereocenters. The Kier molecular flexibility index (Phi) is 7.80. The van der Waals surface area contributed by atoms with Gasteiger partial charge in [0, 0.05) is 9.77 Å². The third kappa shape index (κ3) is 5.78. The minimum Gasteiger partial charge on any atom is -0.477 e. The maximum Gasteiger partial charge on any atom is 0.352 e. The highest BCUT2D eigenvalue weighted by molar-refractivity contribution is 14.1. The molecule has 184 valence electrons. The first-order valence-corrected chi connectivity index (χ1v) is 13.9. The fraction of sp³-hybridized carbons (Fsp3) is 0. The Balaban J connectivity index is 1.68. The molecule has 2 aromatic carbocycles. The molecular formula is C22H13Cl2IN4O5S2. The molecule has 0 aliphatic heterocycles. The molecule has 2 aromatic heterocycles. The molecular weight excluding hydrogens is 662 g/mol. The van der Waals surface area contributed by atoms with Crippen molar-refractivity contribution in [2.24, 2.45) is 0 Å². The number of fused-ring (bicyclic) bond motifs is 1. The zero-order chi connectivity index (χ0) is 26.0. The maximum atomic E-state index is 13.2. The molecule has 0 spiro atoms. The number of benzene rings is 2. The fourth-order valence-electron chi connectivity index (χ4n) is 3.09. The van der Waals surface area contributed by atoms with Crippen molar-refractivity contribution >= 4 is 101 Å². The third-order valence-corrected chi connectivity index (χ3v) is 8.20. The molecule has 0 radical (unpaired) electrons. The summed E-state index contributed by atoms with van der Waals surface area (Å²) in [5.74, 6) is -2.26. The average Bonchev–Trinajstić information content (AvgIpc) is 3.29. The number of hydrogen-bond acceptors (Lipinski definition) is 7. The minimum atomic E-state index is -4.22. The lowest BCUT2D eigenvalue weighted by molar-refractivity contribution is -0.132. The number of aliphatic carboxylic acids is 1. The Hall–Kier alpha value is -2.78. The number of carbonyl (C=O) groups is 2. The van der Waals surface area contributed by atoms with Crippen molar-refractivity contribution < 1.29 is 23.1 Å². The highest BCUT2D eigenvalue weighted by Crippen LogP contribution is 2.28. The summed E-state index contributed by atoms with van der Waals surface area (Å²) in [6.45, 7) is 0. The molecule has 14 heteroatoms. The molecule has 9 nitrogen and oxygen atoms in total. The first kappa shape index (κ1) is 26.3. The van der Waals surface area contributed by atoms with Gasteiger partial charge in [-0.2, -0.15) is 12.8 Å². The number of nitrogens with one attached hydrogen (secondary N) is 2. The number of carbonyl (C=O) groups excluding carboxylic acids is 1. The van der Waals surface area contributed by atoms with Crippen molar-refractivity contribution in [2.45, 2.75) is 5.03 Å². The number of pyridine rings is 1. The van der Waals surface area contributed by atoms with E-state index in [1.165, 1.54) is 48.8 Å². The number of halogens is 3. The van der Waals surface area contributed by atoms with Crippen LogP contribution in [0, 0.1) is 3.57 Å². The van der Waals surface area contributed by atoms with Crippen LogP contribution in [0.3, 0.4) is 0 Å². The van der Waals surface area contributed by atoms with E-state index in [4.69, 9.17) is 23.2 Å². The van der Waals surface area contributed by atoms with Crippen molar-refractivity contribution in [3.63, 3.8) is 0 Å². The van der Waals surface area contributed by atoms with Gasteiger partial charge in [-0.3, -0.25) is 9.52 Å². The van der Waals surface area contributed by atoms with Crippen molar-refractivity contribution in [1.82, 2.24) is 14.7 Å². The van der Waals surface area contributed by atoms with Gasteiger partial charge >= 0.3 is 5.97 Å². The second-order valence-electron chi connectivity index (χ2n) is 7.14. The van der Waals surface area contributed by atoms with Crippen molar-refractivity contribution in [1.29, 1.82) is 0 Å². The third-order valence-electron chi connectivity index (χ3n) is 4.70. The summed E-state index contributed by atoms with van der Waals surface area (Å²) >= 11 is 15.0. The average molecular weight is 675 g/mol. The molecule has 0 saturated heterocycles. The normalized spacial score (nSPS) is 11.9. The molecule has 36 heavy (non-hydrogen) atoms. The molecule has 3 N–H and O–H groups in total. The van der Waals surface area contributed by atoms with E-state index in [1.807, 2.05) is 22.6 Å². The van der Waals surface area contributed by atoms with Gasteiger partial charge in [0.25, 0.3) is 15.9 Å². The van der Waals surface area contributed by atoms with Crippen LogP contribution >= 0.6 is 57.3 Å². The zero-order valence-electron chi connectivity index (χ0n) is 17.7. The van der Waals surface area contributed by atoms with Gasteiger partial charge in [0.05, 0.1) is 37.6 Å². The summed E-state index contributed by atoms with van der Waals surface area (Å²) in [5.41, 5.74) is -0.229. The van der Waals surface area contributed by atoms with Crippen molar-refractivity contribution in [3.8, 4) is 0 Å². The number of sulfonamides is 1. The topological polar surface area (TPSA) is 138 Å². The Labute approximate surface area is 232 Å². The van der Waals surface area contributed by atoms with Gasteiger partial charge in [-0.05, 0) is 82.2 Å². The van der Waals surface area contributed by atoms with E-state index in [-0.39, 0.29) is 26.3 Å². The highest BCUT2D eigenvalue weighted by atomic mass is 127. The summed E-state index contributed by atoms with van der Waals surface area (Å²) in [4.78, 5) is 28.9. The van der Waals surface area contributed by atoms with E-state index in [0.29, 0.717) is 19.2 Å². The van der Waals surface area contributed by atoms with Crippen molar-refractivity contribution in [3.05, 3.63) is 85.3 Å². The molecule has 4 aromatic rings. The number of anilines is 1. The van der Waals surface area contributed by atoms with Crippen LogP contribution in [0.1, 0.15) is 15.9 Å². The molecule has 2 heterocycles. The highest BCUT2D eigenvalue weighted by Gasteiger charge is 2.24. The largest absolute Gasteiger partial charge is 0.477 e. The van der Waals surface area contributed by atoms with Gasteiger partial charge in [0.2, 0.25) is 0 Å². The Morgan fingerprint density at radius 2 is 1.86 bits per heavy atom. The van der Waals surface area contributed by atoms with Crippen molar-refractivity contribution in [2.75, 3.05) is 4.72 Å². The number of hydrogen-bond donors (Lipinski definition) is 3. The Morgan fingerprint density at radius 3 is 2.58 bits per heavy atom. The van der Waals surface area contributed by atoms with Crippen LogP contribution in [0.15, 0.2) is 65.6 Å². The van der Waals surface area contributed by atoms with E-state index >= 15 is 0 Å². The van der Waals surface area contributed by atoms with E-state index < -0.39 is 27.6 Å². The monoisotopic (exact) mass is 674 g/mol. The molecule has 0 aliphatic carbocycles. The number of carboxylic acid groups (broad SMARTS) is 1. The summed E-state index contributed by atoms with van der Waals surface area (Å²) in [7, 11) is -4.22. The van der Waals surface area contributed by atoms with Crippen LogP contribution in [0.5, 0.6) is 0 Å². The SMILES string of the molecule is O=C(O)/C(=C/c1ccc(Cl)c(Cl)c1)NC(=O)c1ccc(I)cc1NS(=O)(=O)c1nccc2sncc12. The number of nitrogens with zero attached hydrogens (tertiary/aromatic N) is 2. The maximum absolute atomic E-state index is 13.2. The zero-order valence-corrected chi connectivity index (χ0v) is 23.0. The predicted molar refractivity (Wildman–Crippen MR) is 147 cm³/mol. The van der Waals surface area contributed by atoms with Crippen LogP contribution in [0.2, 0.25) is 10.0 Å². The van der Waals surface area contributed by atoms with Crippen LogP contribution in [0.4, 0.5) is 5.69 Å². The number of rotatable bonds is 7. The van der Waals surface area contributed by atoms with E-state index in [9.17, 15) is 23.1 Å². The molecule has 0 atom stereocenters. The molecule has 0 saturated carbocycles. The quantitative estimate of drug-likeness (QED) is 0.180. The summed E-state index contributed by atoms with van der Waals surface area (Å²) in [5, 5.41) is 12.5. The van der Waals surface area contributed by atoms with Crippen LogP contribution in [-0.4, -0.2) is 34.8 Å². The molecule has 0 aliphatic rings.